The summed E-state index contributed by atoms with van der Waals surface area (Å²) in [6.07, 6.45) is 0. The molecule has 0 amide bonds. The predicted octanol–water partition coefficient (Wildman–Crippen LogP) is 3.44. The number of nitrogens with two attached hydrogens (primary N) is 1. The zero-order valence-electron chi connectivity index (χ0n) is 10.2. The first-order valence-electron chi connectivity index (χ1n) is 5.95. The molecule has 2 aromatic rings. The zero-order chi connectivity index (χ0) is 13.2. The minimum Gasteiger partial charge on any atom is -0.486 e. The number of anilines is 3. The number of benzene rings is 2. The van der Waals surface area contributed by atoms with Crippen LogP contribution in [-0.4, -0.2) is 13.2 Å². The second-order valence-electron chi connectivity index (χ2n) is 4.19. The molecule has 3 rings (SSSR count). The van der Waals surface area contributed by atoms with Crippen molar-refractivity contribution in [2.24, 2.45) is 0 Å². The second kappa shape index (κ2) is 4.90. The molecule has 0 fully saturated rings. The summed E-state index contributed by atoms with van der Waals surface area (Å²) in [7, 11) is 0. The van der Waals surface area contributed by atoms with Crippen LogP contribution in [0.2, 0.25) is 5.02 Å². The van der Waals surface area contributed by atoms with Gasteiger partial charge in [-0.05, 0) is 12.1 Å². The Kier molecular flexibility index (Phi) is 3.09. The number of ether oxygens (including phenoxy) is 2. The van der Waals surface area contributed by atoms with Gasteiger partial charge in [0.05, 0.1) is 22.1 Å². The summed E-state index contributed by atoms with van der Waals surface area (Å²) < 4.78 is 11.0. The van der Waals surface area contributed by atoms with Crippen LogP contribution in [0, 0.1) is 0 Å². The largest absolute Gasteiger partial charge is 0.486 e. The van der Waals surface area contributed by atoms with E-state index in [0.29, 0.717) is 35.4 Å². The third-order valence-corrected chi connectivity index (χ3v) is 3.19. The first-order valence-corrected chi connectivity index (χ1v) is 6.32. The van der Waals surface area contributed by atoms with Crippen LogP contribution in [0.15, 0.2) is 36.4 Å². The Balaban J connectivity index is 1.95. The van der Waals surface area contributed by atoms with E-state index in [0.717, 1.165) is 11.4 Å². The average molecular weight is 277 g/mol. The standard InChI is InChI=1S/C14H13ClN2O2/c15-9-3-1-2-4-11(9)17-12-8-14-13(7-10(12)16)18-5-6-19-14/h1-4,7-8,17H,5-6,16H2. The van der Waals surface area contributed by atoms with Crippen molar-refractivity contribution in [1.82, 2.24) is 0 Å². The van der Waals surface area contributed by atoms with Gasteiger partial charge in [-0.2, -0.15) is 0 Å². The zero-order valence-corrected chi connectivity index (χ0v) is 10.9. The lowest BCUT2D eigenvalue weighted by Gasteiger charge is -2.20. The lowest BCUT2D eigenvalue weighted by Crippen LogP contribution is -2.15. The summed E-state index contributed by atoms with van der Waals surface area (Å²) in [5.41, 5.74) is 8.13. The highest BCUT2D eigenvalue weighted by atomic mass is 35.5. The molecule has 0 atom stereocenters. The monoisotopic (exact) mass is 276 g/mol. The number of nitrogens with one attached hydrogen (secondary N) is 1. The molecule has 1 heterocycles. The van der Waals surface area contributed by atoms with Crippen molar-refractivity contribution in [1.29, 1.82) is 0 Å². The maximum Gasteiger partial charge on any atom is 0.163 e. The van der Waals surface area contributed by atoms with E-state index in [1.165, 1.54) is 0 Å². The van der Waals surface area contributed by atoms with E-state index in [2.05, 4.69) is 5.32 Å². The topological polar surface area (TPSA) is 56.5 Å². The predicted molar refractivity (Wildman–Crippen MR) is 76.6 cm³/mol. The van der Waals surface area contributed by atoms with Crippen LogP contribution in [0.4, 0.5) is 17.1 Å². The highest BCUT2D eigenvalue weighted by molar-refractivity contribution is 6.33. The SMILES string of the molecule is Nc1cc2c(cc1Nc1ccccc1Cl)OCCO2. The van der Waals surface area contributed by atoms with Crippen molar-refractivity contribution < 1.29 is 9.47 Å². The number of para-hydroxylation sites is 1. The lowest BCUT2D eigenvalue weighted by atomic mass is 10.2. The van der Waals surface area contributed by atoms with Crippen LogP contribution in [0.25, 0.3) is 0 Å². The number of hydrogen-bond acceptors (Lipinski definition) is 4. The first-order chi connectivity index (χ1) is 9.24. The summed E-state index contributed by atoms with van der Waals surface area (Å²) in [4.78, 5) is 0. The number of fused-ring (bicyclic) bond motifs is 1. The van der Waals surface area contributed by atoms with Crippen LogP contribution in [0.1, 0.15) is 0 Å². The van der Waals surface area contributed by atoms with Crippen molar-refractivity contribution in [3.8, 4) is 11.5 Å². The van der Waals surface area contributed by atoms with E-state index in [1.807, 2.05) is 30.3 Å². The van der Waals surface area contributed by atoms with Gasteiger partial charge in [0.1, 0.15) is 13.2 Å². The smallest absolute Gasteiger partial charge is 0.163 e. The first kappa shape index (κ1) is 12.0. The van der Waals surface area contributed by atoms with Crippen LogP contribution < -0.4 is 20.5 Å². The van der Waals surface area contributed by atoms with Gasteiger partial charge in [0, 0.05) is 12.1 Å². The van der Waals surface area contributed by atoms with Gasteiger partial charge in [-0.25, -0.2) is 0 Å². The van der Waals surface area contributed by atoms with Crippen molar-refractivity contribution in [3.63, 3.8) is 0 Å². The summed E-state index contributed by atoms with van der Waals surface area (Å²) in [5.74, 6) is 1.36. The van der Waals surface area contributed by atoms with Gasteiger partial charge in [0.25, 0.3) is 0 Å². The molecular formula is C14H13ClN2O2. The molecule has 0 aliphatic carbocycles. The van der Waals surface area contributed by atoms with Gasteiger partial charge in [-0.1, -0.05) is 23.7 Å². The molecule has 0 saturated heterocycles. The maximum atomic E-state index is 6.11. The Morgan fingerprint density at radius 1 is 1.00 bits per heavy atom. The fourth-order valence-corrected chi connectivity index (χ4v) is 2.10. The minimum absolute atomic E-state index is 0.544. The van der Waals surface area contributed by atoms with Crippen LogP contribution in [0.3, 0.4) is 0 Å². The molecule has 0 radical (unpaired) electrons. The quantitative estimate of drug-likeness (QED) is 0.825. The van der Waals surface area contributed by atoms with E-state index in [-0.39, 0.29) is 0 Å². The Morgan fingerprint density at radius 3 is 2.42 bits per heavy atom. The maximum absolute atomic E-state index is 6.11. The molecule has 98 valence electrons. The number of nitrogen functional groups attached to an aromatic ring is 1. The molecule has 3 N–H and O–H groups in total. The van der Waals surface area contributed by atoms with E-state index in [1.54, 1.807) is 6.07 Å². The summed E-state index contributed by atoms with van der Waals surface area (Å²) in [6, 6.07) is 11.1. The molecule has 0 aromatic heterocycles. The molecular weight excluding hydrogens is 264 g/mol. The second-order valence-corrected chi connectivity index (χ2v) is 4.60. The molecule has 5 heteroatoms. The van der Waals surface area contributed by atoms with Crippen molar-refractivity contribution in [3.05, 3.63) is 41.4 Å². The van der Waals surface area contributed by atoms with Gasteiger partial charge in [-0.15, -0.1) is 0 Å². The van der Waals surface area contributed by atoms with Crippen molar-refractivity contribution >= 4 is 28.7 Å². The average Bonchev–Trinajstić information content (AvgIpc) is 2.42. The lowest BCUT2D eigenvalue weighted by molar-refractivity contribution is 0.172. The van der Waals surface area contributed by atoms with Crippen molar-refractivity contribution in [2.75, 3.05) is 24.3 Å². The molecule has 0 spiro atoms. The fourth-order valence-electron chi connectivity index (χ4n) is 1.92. The third-order valence-electron chi connectivity index (χ3n) is 2.86. The van der Waals surface area contributed by atoms with Gasteiger partial charge in [0.15, 0.2) is 11.5 Å². The van der Waals surface area contributed by atoms with E-state index < -0.39 is 0 Å². The number of rotatable bonds is 2. The van der Waals surface area contributed by atoms with Crippen LogP contribution in [0.5, 0.6) is 11.5 Å². The molecule has 1 aliphatic rings. The molecule has 0 bridgehead atoms. The fraction of sp³-hybridized carbons (Fsp3) is 0.143. The molecule has 2 aromatic carbocycles. The van der Waals surface area contributed by atoms with E-state index in [4.69, 9.17) is 26.8 Å². The van der Waals surface area contributed by atoms with E-state index >= 15 is 0 Å². The minimum atomic E-state index is 0.544. The Morgan fingerprint density at radius 2 is 1.68 bits per heavy atom. The van der Waals surface area contributed by atoms with Gasteiger partial charge in [-0.3, -0.25) is 0 Å². The Bertz CT molecular complexity index is 616. The number of halogens is 1. The summed E-state index contributed by atoms with van der Waals surface area (Å²) >= 11 is 6.11. The molecule has 0 unspecified atom stereocenters. The normalized spacial score (nSPS) is 13.1. The third kappa shape index (κ3) is 2.39. The van der Waals surface area contributed by atoms with Gasteiger partial charge >= 0.3 is 0 Å². The Hall–Kier alpha value is -2.07. The van der Waals surface area contributed by atoms with Crippen molar-refractivity contribution in [2.45, 2.75) is 0 Å². The highest BCUT2D eigenvalue weighted by Crippen LogP contribution is 2.38. The summed E-state index contributed by atoms with van der Waals surface area (Å²) in [5, 5.41) is 3.83. The molecule has 0 saturated carbocycles. The number of hydrogen-bond donors (Lipinski definition) is 2. The Labute approximate surface area is 116 Å². The molecule has 19 heavy (non-hydrogen) atoms. The highest BCUT2D eigenvalue weighted by Gasteiger charge is 2.15. The van der Waals surface area contributed by atoms with Crippen LogP contribution >= 0.6 is 11.6 Å². The summed E-state index contributed by atoms with van der Waals surface area (Å²) in [6.45, 7) is 1.09. The van der Waals surface area contributed by atoms with Crippen LogP contribution in [-0.2, 0) is 0 Å². The van der Waals surface area contributed by atoms with Gasteiger partial charge in [0.2, 0.25) is 0 Å². The molecule has 1 aliphatic heterocycles. The van der Waals surface area contributed by atoms with E-state index in [9.17, 15) is 0 Å². The molecule has 4 nitrogen and oxygen atoms in total. The van der Waals surface area contributed by atoms with Gasteiger partial charge < -0.3 is 20.5 Å².